The maximum Gasteiger partial charge on any atom is 0.145 e. The standard InChI is InChI=1S/C53H30N4O/c1-5-18-38-32(13-1)33-14-2-6-19-39(33)52(38)40-20-7-3-15-34(40)37-28-44-48(29-43(37)52)58-47-24-10-8-21-41(47)53(44)42-22-12-25-54-49(42)50-45(53)27-31(30-56-50)57-46-23-9-4-16-35(46)36-17-11-26-55-51(36)57/h1-30H. The molecule has 4 aromatic heterocycles. The van der Waals surface area contributed by atoms with Crippen molar-refractivity contribution in [1.29, 1.82) is 0 Å². The third-order valence-electron chi connectivity index (χ3n) is 13.4. The van der Waals surface area contributed by atoms with E-state index in [9.17, 15) is 0 Å². The molecule has 5 heteroatoms. The van der Waals surface area contributed by atoms with Gasteiger partial charge < -0.3 is 4.74 Å². The van der Waals surface area contributed by atoms with E-state index in [-0.39, 0.29) is 0 Å². The highest BCUT2D eigenvalue weighted by atomic mass is 16.5. The lowest BCUT2D eigenvalue weighted by Crippen LogP contribution is -2.33. The molecule has 58 heavy (non-hydrogen) atoms. The highest BCUT2D eigenvalue weighted by Crippen LogP contribution is 2.67. The summed E-state index contributed by atoms with van der Waals surface area (Å²) in [7, 11) is 0. The van der Waals surface area contributed by atoms with Crippen molar-refractivity contribution in [3.05, 3.63) is 227 Å². The monoisotopic (exact) mass is 738 g/mol. The zero-order valence-corrected chi connectivity index (χ0v) is 31.0. The zero-order chi connectivity index (χ0) is 37.7. The smallest absolute Gasteiger partial charge is 0.145 e. The Labute approximate surface area is 333 Å². The maximum absolute atomic E-state index is 7.16. The minimum Gasteiger partial charge on any atom is -0.457 e. The van der Waals surface area contributed by atoms with Crippen LogP contribution in [0.2, 0.25) is 0 Å². The van der Waals surface area contributed by atoms with Gasteiger partial charge >= 0.3 is 0 Å². The first-order valence-electron chi connectivity index (χ1n) is 19.8. The minimum absolute atomic E-state index is 0.493. The fourth-order valence-corrected chi connectivity index (χ4v) is 11.4. The quantitative estimate of drug-likeness (QED) is 0.168. The van der Waals surface area contributed by atoms with Gasteiger partial charge in [0.05, 0.1) is 39.6 Å². The topological polar surface area (TPSA) is 52.8 Å². The molecule has 5 nitrogen and oxygen atoms in total. The minimum atomic E-state index is -0.774. The molecule has 0 fully saturated rings. The van der Waals surface area contributed by atoms with Crippen LogP contribution < -0.4 is 4.74 Å². The van der Waals surface area contributed by atoms with Crippen LogP contribution in [0.1, 0.15) is 44.5 Å². The van der Waals surface area contributed by atoms with Gasteiger partial charge in [0.15, 0.2) is 0 Å². The molecule has 14 rings (SSSR count). The van der Waals surface area contributed by atoms with Crippen molar-refractivity contribution in [2.75, 3.05) is 0 Å². The Hall–Kier alpha value is -7.63. The van der Waals surface area contributed by atoms with Crippen LogP contribution in [-0.2, 0) is 10.8 Å². The van der Waals surface area contributed by atoms with E-state index in [0.29, 0.717) is 0 Å². The Morgan fingerprint density at radius 1 is 0.397 bits per heavy atom. The predicted octanol–water partition coefficient (Wildman–Crippen LogP) is 11.8. The molecule has 1 aliphatic heterocycles. The first-order chi connectivity index (χ1) is 28.8. The van der Waals surface area contributed by atoms with Gasteiger partial charge in [0.25, 0.3) is 0 Å². The highest BCUT2D eigenvalue weighted by Gasteiger charge is 2.56. The summed E-state index contributed by atoms with van der Waals surface area (Å²) < 4.78 is 9.41. The molecule has 268 valence electrons. The molecule has 0 radical (unpaired) electrons. The van der Waals surface area contributed by atoms with Gasteiger partial charge in [-0.25, -0.2) is 4.98 Å². The molecule has 1 unspecified atom stereocenters. The van der Waals surface area contributed by atoms with Gasteiger partial charge in [-0.05, 0) is 98.6 Å². The molecule has 0 saturated carbocycles. The van der Waals surface area contributed by atoms with E-state index >= 15 is 0 Å². The van der Waals surface area contributed by atoms with E-state index < -0.39 is 10.8 Å². The fraction of sp³-hybridized carbons (Fsp3) is 0.0377. The van der Waals surface area contributed by atoms with E-state index in [1.54, 1.807) is 0 Å². The van der Waals surface area contributed by atoms with Gasteiger partial charge in [-0.2, -0.15) is 0 Å². The van der Waals surface area contributed by atoms with Crippen molar-refractivity contribution in [1.82, 2.24) is 19.5 Å². The van der Waals surface area contributed by atoms with Gasteiger partial charge in [-0.1, -0.05) is 115 Å². The summed E-state index contributed by atoms with van der Waals surface area (Å²) in [6, 6.07) is 59.6. The van der Waals surface area contributed by atoms with Crippen LogP contribution in [0, 0.1) is 0 Å². The second-order valence-corrected chi connectivity index (χ2v) is 15.8. The van der Waals surface area contributed by atoms with Crippen LogP contribution in [-0.4, -0.2) is 19.5 Å². The van der Waals surface area contributed by atoms with Crippen molar-refractivity contribution in [2.24, 2.45) is 0 Å². The number of ether oxygens (including phenoxy) is 1. The zero-order valence-electron chi connectivity index (χ0n) is 31.0. The highest BCUT2D eigenvalue weighted by molar-refractivity contribution is 6.08. The van der Waals surface area contributed by atoms with E-state index in [4.69, 9.17) is 19.7 Å². The van der Waals surface area contributed by atoms with Crippen molar-refractivity contribution in [3.8, 4) is 50.8 Å². The summed E-state index contributed by atoms with van der Waals surface area (Å²) in [5, 5.41) is 2.27. The van der Waals surface area contributed by atoms with E-state index in [1.807, 2.05) is 24.7 Å². The molecular weight excluding hydrogens is 709 g/mol. The van der Waals surface area contributed by atoms with Crippen LogP contribution in [0.25, 0.3) is 61.3 Å². The second kappa shape index (κ2) is 10.6. The molecule has 4 aliphatic rings. The Morgan fingerprint density at radius 3 is 1.78 bits per heavy atom. The summed E-state index contributed by atoms with van der Waals surface area (Å²) >= 11 is 0. The van der Waals surface area contributed by atoms with Gasteiger partial charge in [-0.3, -0.25) is 14.5 Å². The average molecular weight is 739 g/mol. The van der Waals surface area contributed by atoms with Gasteiger partial charge in [0, 0.05) is 39.9 Å². The largest absolute Gasteiger partial charge is 0.457 e. The lowest BCUT2D eigenvalue weighted by Gasteiger charge is -2.40. The fourth-order valence-electron chi connectivity index (χ4n) is 11.4. The number of fused-ring (bicyclic) bond motifs is 22. The van der Waals surface area contributed by atoms with Crippen LogP contribution in [0.5, 0.6) is 11.5 Å². The molecule has 0 bridgehead atoms. The molecule has 6 aromatic carbocycles. The van der Waals surface area contributed by atoms with Crippen molar-refractivity contribution in [3.63, 3.8) is 0 Å². The number of aromatic nitrogens is 4. The Morgan fingerprint density at radius 2 is 0.983 bits per heavy atom. The molecule has 10 aromatic rings. The number of pyridine rings is 3. The Bertz CT molecular complexity index is 3370. The molecule has 2 spiro atoms. The number of nitrogens with zero attached hydrogens (tertiary/aromatic N) is 4. The third kappa shape index (κ3) is 3.41. The van der Waals surface area contributed by atoms with Crippen molar-refractivity contribution >= 4 is 21.9 Å². The number of hydrogen-bond acceptors (Lipinski definition) is 4. The summed E-state index contributed by atoms with van der Waals surface area (Å²) in [5.41, 5.74) is 18.0. The number of benzene rings is 6. The van der Waals surface area contributed by atoms with Crippen LogP contribution in [0.15, 0.2) is 182 Å². The summed E-state index contributed by atoms with van der Waals surface area (Å²) in [5.74, 6) is 1.68. The normalized spacial score (nSPS) is 16.6. The number of rotatable bonds is 1. The van der Waals surface area contributed by atoms with E-state index in [0.717, 1.165) is 72.8 Å². The molecular formula is C53H30N4O. The second-order valence-electron chi connectivity index (χ2n) is 15.8. The summed E-state index contributed by atoms with van der Waals surface area (Å²) in [6.45, 7) is 0. The van der Waals surface area contributed by atoms with E-state index in [2.05, 4.69) is 162 Å². The maximum atomic E-state index is 7.16. The molecule has 3 aliphatic carbocycles. The molecule has 1 atom stereocenters. The van der Waals surface area contributed by atoms with Gasteiger partial charge in [0.2, 0.25) is 0 Å². The number of hydrogen-bond donors (Lipinski definition) is 0. The predicted molar refractivity (Wildman–Crippen MR) is 228 cm³/mol. The molecule has 5 heterocycles. The van der Waals surface area contributed by atoms with Gasteiger partial charge in [-0.15, -0.1) is 0 Å². The lowest BCUT2D eigenvalue weighted by atomic mass is 9.65. The van der Waals surface area contributed by atoms with Crippen LogP contribution in [0.4, 0.5) is 0 Å². The summed E-state index contributed by atoms with van der Waals surface area (Å²) in [6.07, 6.45) is 5.75. The molecule has 0 amide bonds. The van der Waals surface area contributed by atoms with Crippen molar-refractivity contribution in [2.45, 2.75) is 10.8 Å². The van der Waals surface area contributed by atoms with Gasteiger partial charge in [0.1, 0.15) is 17.1 Å². The van der Waals surface area contributed by atoms with Crippen LogP contribution >= 0.6 is 0 Å². The van der Waals surface area contributed by atoms with Crippen LogP contribution in [0.3, 0.4) is 0 Å². The third-order valence-corrected chi connectivity index (χ3v) is 13.4. The first kappa shape index (κ1) is 30.6. The Kier molecular flexibility index (Phi) is 5.59. The number of para-hydroxylation sites is 2. The lowest BCUT2D eigenvalue weighted by molar-refractivity contribution is 0.435. The summed E-state index contributed by atoms with van der Waals surface area (Å²) in [4.78, 5) is 15.3. The first-order valence-corrected chi connectivity index (χ1v) is 19.8. The van der Waals surface area contributed by atoms with E-state index in [1.165, 1.54) is 44.5 Å². The van der Waals surface area contributed by atoms with Crippen molar-refractivity contribution < 1.29 is 4.74 Å². The SMILES string of the molecule is c1ccc2c(c1)Oc1cc3c(cc1C21c2cccnc2-c2ncc(-n4c5ccccc5c5cccnc54)cc21)-c1ccccc1C31c2ccccc2-c2ccccc21. The average Bonchev–Trinajstić information content (AvgIpc) is 3.97. The Balaban J connectivity index is 1.11. The molecule has 0 saturated heterocycles. The molecule has 0 N–H and O–H groups in total.